The summed E-state index contributed by atoms with van der Waals surface area (Å²) in [7, 11) is 2.25. The quantitative estimate of drug-likeness (QED) is 0.818. The summed E-state index contributed by atoms with van der Waals surface area (Å²) in [5.41, 5.74) is 6.32. The van der Waals surface area contributed by atoms with Crippen molar-refractivity contribution in [2.75, 3.05) is 26.7 Å². The predicted molar refractivity (Wildman–Crippen MR) is 71.1 cm³/mol. The summed E-state index contributed by atoms with van der Waals surface area (Å²) in [6.45, 7) is 2.82. The largest absolute Gasteiger partial charge is 0.377 e. The van der Waals surface area contributed by atoms with Crippen LogP contribution in [0.1, 0.15) is 51.4 Å². The molecule has 17 heavy (non-hydrogen) atoms. The van der Waals surface area contributed by atoms with Gasteiger partial charge in [-0.15, -0.1) is 0 Å². The van der Waals surface area contributed by atoms with Crippen molar-refractivity contribution in [2.24, 2.45) is 5.73 Å². The number of nitrogens with two attached hydrogens (primary N) is 1. The van der Waals surface area contributed by atoms with E-state index in [0.29, 0.717) is 6.10 Å². The number of likely N-dealkylation sites (N-methyl/N-ethyl adjacent to an activating group) is 1. The Hall–Kier alpha value is -0.120. The molecule has 100 valence electrons. The zero-order chi connectivity index (χ0) is 12.1. The van der Waals surface area contributed by atoms with Crippen LogP contribution in [0.15, 0.2) is 0 Å². The predicted octanol–water partition coefficient (Wildman–Crippen LogP) is 2.15. The molecular weight excluding hydrogens is 212 g/mol. The molecule has 3 nitrogen and oxygen atoms in total. The molecule has 3 heteroatoms. The summed E-state index contributed by atoms with van der Waals surface area (Å²) in [5, 5.41) is 0. The Bertz CT molecular complexity index is 220. The second kappa shape index (κ2) is 6.17. The number of ether oxygens (including phenoxy) is 1. The Balaban J connectivity index is 1.89. The van der Waals surface area contributed by atoms with Gasteiger partial charge >= 0.3 is 0 Å². The summed E-state index contributed by atoms with van der Waals surface area (Å²) in [4.78, 5) is 2.50. The van der Waals surface area contributed by atoms with Crippen molar-refractivity contribution < 1.29 is 4.74 Å². The first-order valence-electron chi connectivity index (χ1n) is 7.30. The number of rotatable bonds is 4. The monoisotopic (exact) mass is 240 g/mol. The lowest BCUT2D eigenvalue weighted by molar-refractivity contribution is -0.0296. The highest BCUT2D eigenvalue weighted by molar-refractivity contribution is 4.93. The third kappa shape index (κ3) is 3.21. The van der Waals surface area contributed by atoms with E-state index in [0.717, 1.165) is 19.7 Å². The smallest absolute Gasteiger partial charge is 0.0702 e. The molecule has 2 N–H and O–H groups in total. The van der Waals surface area contributed by atoms with Crippen LogP contribution in [-0.2, 0) is 4.74 Å². The van der Waals surface area contributed by atoms with Crippen molar-refractivity contribution in [3.8, 4) is 0 Å². The van der Waals surface area contributed by atoms with Crippen LogP contribution in [0.2, 0.25) is 0 Å². The molecule has 0 aromatic heterocycles. The molecular formula is C14H28N2O. The SMILES string of the molecule is CN(CC1CCCCO1)C1(CN)CCCCC1. The second-order valence-corrected chi connectivity index (χ2v) is 5.86. The molecule has 1 atom stereocenters. The van der Waals surface area contributed by atoms with Gasteiger partial charge in [0.1, 0.15) is 0 Å². The van der Waals surface area contributed by atoms with Crippen molar-refractivity contribution in [2.45, 2.75) is 63.0 Å². The molecule has 1 saturated heterocycles. The lowest BCUT2D eigenvalue weighted by Gasteiger charge is -2.45. The van der Waals surface area contributed by atoms with Gasteiger partial charge in [-0.3, -0.25) is 4.90 Å². The first-order chi connectivity index (χ1) is 8.27. The molecule has 2 fully saturated rings. The van der Waals surface area contributed by atoms with E-state index in [1.165, 1.54) is 51.4 Å². The van der Waals surface area contributed by atoms with Crippen LogP contribution in [0, 0.1) is 0 Å². The van der Waals surface area contributed by atoms with Crippen LogP contribution in [0.3, 0.4) is 0 Å². The van der Waals surface area contributed by atoms with Crippen LogP contribution < -0.4 is 5.73 Å². The maximum Gasteiger partial charge on any atom is 0.0702 e. The molecule has 2 aliphatic rings. The molecule has 1 heterocycles. The fourth-order valence-corrected chi connectivity index (χ4v) is 3.40. The number of hydrogen-bond donors (Lipinski definition) is 1. The maximum absolute atomic E-state index is 6.06. The molecule has 0 radical (unpaired) electrons. The van der Waals surface area contributed by atoms with Crippen molar-refractivity contribution in [3.63, 3.8) is 0 Å². The van der Waals surface area contributed by atoms with E-state index in [9.17, 15) is 0 Å². The molecule has 0 amide bonds. The van der Waals surface area contributed by atoms with Crippen LogP contribution >= 0.6 is 0 Å². The van der Waals surface area contributed by atoms with Gasteiger partial charge in [-0.1, -0.05) is 19.3 Å². The standard InChI is InChI=1S/C14H28N2O/c1-16(11-13-7-3-6-10-17-13)14(12-15)8-4-2-5-9-14/h13H,2-12,15H2,1H3. The summed E-state index contributed by atoms with van der Waals surface area (Å²) in [5.74, 6) is 0. The van der Waals surface area contributed by atoms with E-state index in [1.807, 2.05) is 0 Å². The molecule has 1 aliphatic heterocycles. The van der Waals surface area contributed by atoms with Gasteiger partial charge in [-0.2, -0.15) is 0 Å². The minimum Gasteiger partial charge on any atom is -0.377 e. The van der Waals surface area contributed by atoms with Gasteiger partial charge in [-0.25, -0.2) is 0 Å². The Labute approximate surface area is 106 Å². The van der Waals surface area contributed by atoms with Crippen LogP contribution in [0.25, 0.3) is 0 Å². The molecule has 0 spiro atoms. The highest BCUT2D eigenvalue weighted by Gasteiger charge is 2.35. The van der Waals surface area contributed by atoms with E-state index >= 15 is 0 Å². The highest BCUT2D eigenvalue weighted by Crippen LogP contribution is 2.32. The zero-order valence-electron chi connectivity index (χ0n) is 11.3. The van der Waals surface area contributed by atoms with Gasteiger partial charge in [0.15, 0.2) is 0 Å². The molecule has 1 unspecified atom stereocenters. The Morgan fingerprint density at radius 2 is 1.94 bits per heavy atom. The average molecular weight is 240 g/mol. The van der Waals surface area contributed by atoms with Crippen LogP contribution in [0.4, 0.5) is 0 Å². The maximum atomic E-state index is 6.06. The summed E-state index contributed by atoms with van der Waals surface area (Å²) < 4.78 is 5.85. The first kappa shape index (κ1) is 13.3. The third-order valence-corrected chi connectivity index (χ3v) is 4.73. The molecule has 1 saturated carbocycles. The Kier molecular flexibility index (Phi) is 4.83. The fraction of sp³-hybridized carbons (Fsp3) is 1.00. The molecule has 0 bridgehead atoms. The van der Waals surface area contributed by atoms with Gasteiger partial charge in [-0.05, 0) is 39.2 Å². The summed E-state index contributed by atoms with van der Waals surface area (Å²) in [6.07, 6.45) is 10.8. The van der Waals surface area contributed by atoms with Crippen LogP contribution in [-0.4, -0.2) is 43.3 Å². The molecule has 0 aromatic carbocycles. The van der Waals surface area contributed by atoms with Crippen molar-refractivity contribution in [1.29, 1.82) is 0 Å². The normalized spacial score (nSPS) is 29.5. The summed E-state index contributed by atoms with van der Waals surface area (Å²) >= 11 is 0. The molecule has 2 rings (SSSR count). The third-order valence-electron chi connectivity index (χ3n) is 4.73. The second-order valence-electron chi connectivity index (χ2n) is 5.86. The van der Waals surface area contributed by atoms with Crippen molar-refractivity contribution >= 4 is 0 Å². The summed E-state index contributed by atoms with van der Waals surface area (Å²) in [6, 6.07) is 0. The lowest BCUT2D eigenvalue weighted by atomic mass is 9.80. The minimum absolute atomic E-state index is 0.263. The fourth-order valence-electron chi connectivity index (χ4n) is 3.40. The average Bonchev–Trinajstić information content (AvgIpc) is 2.40. The van der Waals surface area contributed by atoms with Crippen LogP contribution in [0.5, 0.6) is 0 Å². The number of hydrogen-bond acceptors (Lipinski definition) is 3. The van der Waals surface area contributed by atoms with E-state index < -0.39 is 0 Å². The van der Waals surface area contributed by atoms with E-state index in [-0.39, 0.29) is 5.54 Å². The van der Waals surface area contributed by atoms with Gasteiger partial charge in [0, 0.05) is 25.2 Å². The van der Waals surface area contributed by atoms with E-state index in [4.69, 9.17) is 10.5 Å². The van der Waals surface area contributed by atoms with E-state index in [2.05, 4.69) is 11.9 Å². The van der Waals surface area contributed by atoms with E-state index in [1.54, 1.807) is 0 Å². The first-order valence-corrected chi connectivity index (χ1v) is 7.30. The topological polar surface area (TPSA) is 38.5 Å². The van der Waals surface area contributed by atoms with Gasteiger partial charge < -0.3 is 10.5 Å². The Morgan fingerprint density at radius 1 is 1.18 bits per heavy atom. The number of nitrogens with zero attached hydrogens (tertiary/aromatic N) is 1. The molecule has 0 aromatic rings. The highest BCUT2D eigenvalue weighted by atomic mass is 16.5. The van der Waals surface area contributed by atoms with Crippen molar-refractivity contribution in [3.05, 3.63) is 0 Å². The Morgan fingerprint density at radius 3 is 2.53 bits per heavy atom. The minimum atomic E-state index is 0.263. The van der Waals surface area contributed by atoms with Gasteiger partial charge in [0.2, 0.25) is 0 Å². The van der Waals surface area contributed by atoms with Gasteiger partial charge in [0.25, 0.3) is 0 Å². The zero-order valence-corrected chi connectivity index (χ0v) is 11.3. The lowest BCUT2D eigenvalue weighted by Crippen LogP contribution is -2.55. The van der Waals surface area contributed by atoms with Crippen molar-refractivity contribution in [1.82, 2.24) is 4.90 Å². The van der Waals surface area contributed by atoms with Gasteiger partial charge in [0.05, 0.1) is 6.10 Å². The molecule has 1 aliphatic carbocycles.